The van der Waals surface area contributed by atoms with Crippen molar-refractivity contribution in [2.75, 3.05) is 13.7 Å². The molecule has 0 aromatic heterocycles. The van der Waals surface area contributed by atoms with Gasteiger partial charge in [0.2, 0.25) is 0 Å². The molecule has 1 aliphatic heterocycles. The molecule has 0 radical (unpaired) electrons. The van der Waals surface area contributed by atoms with Crippen LogP contribution < -0.4 is 0 Å². The average molecular weight is 187 g/mol. The molecule has 2 unspecified atom stereocenters. The van der Waals surface area contributed by atoms with Crippen LogP contribution in [0.1, 0.15) is 6.42 Å². The summed E-state index contributed by atoms with van der Waals surface area (Å²) in [6, 6.07) is 0. The standard InChI is InChI=1S/C11H13N3/c1-14-7-12-6-13-11(14)9-3-2-8-4-10(8)5-9/h2-3,5-6,8,10H,4,7H2,1H3. The van der Waals surface area contributed by atoms with Gasteiger partial charge in [-0.15, -0.1) is 0 Å². The van der Waals surface area contributed by atoms with Gasteiger partial charge in [0.25, 0.3) is 0 Å². The van der Waals surface area contributed by atoms with Gasteiger partial charge in [-0.1, -0.05) is 18.2 Å². The Morgan fingerprint density at radius 1 is 1.43 bits per heavy atom. The molecule has 0 bridgehead atoms. The molecule has 14 heavy (non-hydrogen) atoms. The van der Waals surface area contributed by atoms with Crippen LogP contribution in [-0.4, -0.2) is 30.8 Å². The molecular formula is C11H13N3. The topological polar surface area (TPSA) is 28.0 Å². The minimum atomic E-state index is 0.720. The SMILES string of the molecule is CN1CN=CN=C1C1=CC2CC2C=C1. The Kier molecular flexibility index (Phi) is 1.60. The van der Waals surface area contributed by atoms with Gasteiger partial charge in [0.15, 0.2) is 0 Å². The highest BCUT2D eigenvalue weighted by Gasteiger charge is 2.35. The summed E-state index contributed by atoms with van der Waals surface area (Å²) in [6.45, 7) is 0.720. The highest BCUT2D eigenvalue weighted by molar-refractivity contribution is 6.05. The summed E-state index contributed by atoms with van der Waals surface area (Å²) in [5.41, 5.74) is 1.26. The number of hydrogen-bond acceptors (Lipinski definition) is 3. The van der Waals surface area contributed by atoms with Crippen LogP contribution in [0.2, 0.25) is 0 Å². The maximum atomic E-state index is 4.32. The first-order chi connectivity index (χ1) is 6.84. The lowest BCUT2D eigenvalue weighted by Gasteiger charge is -2.22. The van der Waals surface area contributed by atoms with Crippen LogP contribution in [0.3, 0.4) is 0 Å². The molecule has 3 nitrogen and oxygen atoms in total. The zero-order chi connectivity index (χ0) is 9.54. The second-order valence-electron chi connectivity index (χ2n) is 4.13. The van der Waals surface area contributed by atoms with Gasteiger partial charge in [0.05, 0.1) is 0 Å². The first-order valence-electron chi connectivity index (χ1n) is 5.02. The lowest BCUT2D eigenvalue weighted by atomic mass is 10.1. The van der Waals surface area contributed by atoms with Crippen molar-refractivity contribution in [2.45, 2.75) is 6.42 Å². The number of amidine groups is 1. The molecule has 0 amide bonds. The number of allylic oxidation sites excluding steroid dienone is 2. The second kappa shape index (κ2) is 2.80. The van der Waals surface area contributed by atoms with Crippen LogP contribution in [0.15, 0.2) is 33.8 Å². The summed E-state index contributed by atoms with van der Waals surface area (Å²) >= 11 is 0. The van der Waals surface area contributed by atoms with Crippen LogP contribution in [0.25, 0.3) is 0 Å². The Morgan fingerprint density at radius 2 is 2.36 bits per heavy atom. The summed E-state index contributed by atoms with van der Waals surface area (Å²) < 4.78 is 0. The summed E-state index contributed by atoms with van der Waals surface area (Å²) in [5, 5.41) is 0. The van der Waals surface area contributed by atoms with Gasteiger partial charge < -0.3 is 4.90 Å². The number of aliphatic imine (C=N–C) groups is 2. The van der Waals surface area contributed by atoms with Gasteiger partial charge in [-0.25, -0.2) is 4.99 Å². The highest BCUT2D eigenvalue weighted by Crippen LogP contribution is 2.44. The van der Waals surface area contributed by atoms with Gasteiger partial charge in [-0.05, 0) is 18.3 Å². The van der Waals surface area contributed by atoms with Crippen molar-refractivity contribution in [1.82, 2.24) is 4.90 Å². The third kappa shape index (κ3) is 1.20. The van der Waals surface area contributed by atoms with E-state index >= 15 is 0 Å². The molecule has 0 aromatic rings. The van der Waals surface area contributed by atoms with Crippen molar-refractivity contribution in [3.8, 4) is 0 Å². The fourth-order valence-corrected chi connectivity index (χ4v) is 2.03. The first kappa shape index (κ1) is 7.97. The summed E-state index contributed by atoms with van der Waals surface area (Å²) in [6.07, 6.45) is 9.83. The molecule has 3 rings (SSSR count). The van der Waals surface area contributed by atoms with Gasteiger partial charge >= 0.3 is 0 Å². The third-order valence-electron chi connectivity index (χ3n) is 2.98. The number of likely N-dealkylation sites (N-methyl/N-ethyl adjacent to an activating group) is 1. The zero-order valence-electron chi connectivity index (χ0n) is 8.22. The second-order valence-corrected chi connectivity index (χ2v) is 4.13. The zero-order valence-corrected chi connectivity index (χ0v) is 8.22. The lowest BCUT2D eigenvalue weighted by Crippen LogP contribution is -2.30. The Hall–Kier alpha value is -1.38. The Morgan fingerprint density at radius 3 is 3.14 bits per heavy atom. The van der Waals surface area contributed by atoms with Crippen molar-refractivity contribution < 1.29 is 0 Å². The van der Waals surface area contributed by atoms with Crippen LogP contribution >= 0.6 is 0 Å². The molecule has 2 atom stereocenters. The number of fused-ring (bicyclic) bond motifs is 1. The van der Waals surface area contributed by atoms with Crippen LogP contribution in [0, 0.1) is 11.8 Å². The van der Waals surface area contributed by atoms with Crippen LogP contribution in [0.4, 0.5) is 0 Å². The molecule has 1 fully saturated rings. The van der Waals surface area contributed by atoms with E-state index in [1.54, 1.807) is 6.34 Å². The molecular weight excluding hydrogens is 174 g/mol. The summed E-state index contributed by atoms with van der Waals surface area (Å²) in [4.78, 5) is 10.5. The van der Waals surface area contributed by atoms with E-state index in [1.165, 1.54) is 12.0 Å². The van der Waals surface area contributed by atoms with Crippen molar-refractivity contribution in [2.24, 2.45) is 21.8 Å². The van der Waals surface area contributed by atoms with E-state index in [4.69, 9.17) is 0 Å². The maximum Gasteiger partial charge on any atom is 0.138 e. The van der Waals surface area contributed by atoms with E-state index in [9.17, 15) is 0 Å². The van der Waals surface area contributed by atoms with E-state index in [-0.39, 0.29) is 0 Å². The van der Waals surface area contributed by atoms with Gasteiger partial charge in [-0.2, -0.15) is 0 Å². The molecule has 1 heterocycles. The Bertz CT molecular complexity index is 376. The molecule has 0 spiro atoms. The van der Waals surface area contributed by atoms with E-state index in [2.05, 4.69) is 33.1 Å². The molecule has 0 saturated heterocycles. The Balaban J connectivity index is 1.91. The van der Waals surface area contributed by atoms with Gasteiger partial charge in [0.1, 0.15) is 18.8 Å². The smallest absolute Gasteiger partial charge is 0.138 e. The van der Waals surface area contributed by atoms with Crippen LogP contribution in [0.5, 0.6) is 0 Å². The summed E-state index contributed by atoms with van der Waals surface area (Å²) in [5.74, 6) is 2.66. The molecule has 0 aromatic carbocycles. The molecule has 1 saturated carbocycles. The van der Waals surface area contributed by atoms with Crippen molar-refractivity contribution in [3.63, 3.8) is 0 Å². The van der Waals surface area contributed by atoms with Gasteiger partial charge in [-0.3, -0.25) is 4.99 Å². The third-order valence-corrected chi connectivity index (χ3v) is 2.98. The molecule has 2 aliphatic carbocycles. The number of nitrogens with zero attached hydrogens (tertiary/aromatic N) is 3. The first-order valence-corrected chi connectivity index (χ1v) is 5.02. The Labute approximate surface area is 83.5 Å². The van der Waals surface area contributed by atoms with E-state index < -0.39 is 0 Å². The van der Waals surface area contributed by atoms with Crippen molar-refractivity contribution >= 4 is 12.2 Å². The average Bonchev–Trinajstić information content (AvgIpc) is 2.96. The maximum absolute atomic E-state index is 4.32. The van der Waals surface area contributed by atoms with E-state index in [1.807, 2.05) is 7.05 Å². The van der Waals surface area contributed by atoms with Gasteiger partial charge in [0, 0.05) is 12.6 Å². The predicted octanol–water partition coefficient (Wildman–Crippen LogP) is 1.45. The van der Waals surface area contributed by atoms with Crippen molar-refractivity contribution in [3.05, 3.63) is 23.8 Å². The highest BCUT2D eigenvalue weighted by atomic mass is 15.3. The van der Waals surface area contributed by atoms with E-state index in [0.29, 0.717) is 0 Å². The largest absolute Gasteiger partial charge is 0.340 e. The predicted molar refractivity (Wildman–Crippen MR) is 57.4 cm³/mol. The van der Waals surface area contributed by atoms with Crippen molar-refractivity contribution in [1.29, 1.82) is 0 Å². The molecule has 3 heteroatoms. The lowest BCUT2D eigenvalue weighted by molar-refractivity contribution is 0.518. The van der Waals surface area contributed by atoms with E-state index in [0.717, 1.165) is 24.3 Å². The fourth-order valence-electron chi connectivity index (χ4n) is 2.03. The summed E-state index contributed by atoms with van der Waals surface area (Å²) in [7, 11) is 2.03. The number of rotatable bonds is 1. The monoisotopic (exact) mass is 187 g/mol. The molecule has 72 valence electrons. The molecule has 3 aliphatic rings. The fraction of sp³-hybridized carbons (Fsp3) is 0.455. The normalized spacial score (nSPS) is 33.6. The number of hydrogen-bond donors (Lipinski definition) is 0. The molecule has 0 N–H and O–H groups in total. The quantitative estimate of drug-likeness (QED) is 0.610. The minimum Gasteiger partial charge on any atom is -0.340 e. The minimum absolute atomic E-state index is 0.720. The van der Waals surface area contributed by atoms with Crippen LogP contribution in [-0.2, 0) is 0 Å².